The monoisotopic (exact) mass is 284 g/mol. The van der Waals surface area contributed by atoms with E-state index in [0.29, 0.717) is 5.82 Å². The zero-order valence-electron chi connectivity index (χ0n) is 12.7. The molecule has 2 aromatic rings. The molecule has 4 nitrogen and oxygen atoms in total. The van der Waals surface area contributed by atoms with E-state index in [4.69, 9.17) is 4.42 Å². The Morgan fingerprint density at radius 3 is 2.81 bits per heavy atom. The molecule has 0 bridgehead atoms. The summed E-state index contributed by atoms with van der Waals surface area (Å²) in [5.41, 5.74) is 3.56. The van der Waals surface area contributed by atoms with Gasteiger partial charge in [0.1, 0.15) is 17.3 Å². The van der Waals surface area contributed by atoms with E-state index in [1.807, 2.05) is 39.1 Å². The normalized spacial score (nSPS) is 13.5. The van der Waals surface area contributed by atoms with Crippen molar-refractivity contribution in [2.24, 2.45) is 5.92 Å². The quantitative estimate of drug-likeness (QED) is 0.934. The van der Waals surface area contributed by atoms with Gasteiger partial charge in [-0.3, -0.25) is 4.79 Å². The molecule has 0 unspecified atom stereocenters. The Morgan fingerprint density at radius 2 is 2.14 bits per heavy atom. The number of fused-ring (bicyclic) bond motifs is 1. The Kier molecular flexibility index (Phi) is 3.53. The second kappa shape index (κ2) is 5.35. The lowest BCUT2D eigenvalue weighted by Gasteiger charge is -2.08. The summed E-state index contributed by atoms with van der Waals surface area (Å²) >= 11 is 0. The third-order valence-corrected chi connectivity index (χ3v) is 3.93. The topological polar surface area (TPSA) is 55.1 Å². The van der Waals surface area contributed by atoms with Crippen LogP contribution < -0.4 is 5.32 Å². The molecular formula is C17H20N2O2. The molecule has 1 amide bonds. The first-order valence-electron chi connectivity index (χ1n) is 7.44. The van der Waals surface area contributed by atoms with Crippen LogP contribution in [0.4, 0.5) is 5.82 Å². The van der Waals surface area contributed by atoms with Crippen LogP contribution in [0.25, 0.3) is 11.1 Å². The number of nitrogens with zero attached hydrogens (tertiary/aromatic N) is 1. The SMILES string of the molecule is Cc1oc2c(c1-c1ccc(NC(=O)C(C)C)nc1)CCC2. The number of carbonyl (C=O) groups excluding carboxylic acids is 1. The van der Waals surface area contributed by atoms with Gasteiger partial charge in [0, 0.05) is 35.2 Å². The number of pyridine rings is 1. The Labute approximate surface area is 124 Å². The first-order valence-corrected chi connectivity index (χ1v) is 7.44. The summed E-state index contributed by atoms with van der Waals surface area (Å²) in [5.74, 6) is 2.61. The van der Waals surface area contributed by atoms with Gasteiger partial charge in [0.2, 0.25) is 5.91 Å². The van der Waals surface area contributed by atoms with E-state index in [2.05, 4.69) is 10.3 Å². The second-order valence-electron chi connectivity index (χ2n) is 5.86. The van der Waals surface area contributed by atoms with Crippen LogP contribution in [-0.4, -0.2) is 10.9 Å². The largest absolute Gasteiger partial charge is 0.465 e. The fraction of sp³-hybridized carbons (Fsp3) is 0.412. The molecular weight excluding hydrogens is 264 g/mol. The van der Waals surface area contributed by atoms with Gasteiger partial charge < -0.3 is 9.73 Å². The van der Waals surface area contributed by atoms with Gasteiger partial charge in [-0.05, 0) is 31.9 Å². The van der Waals surface area contributed by atoms with Gasteiger partial charge in [-0.2, -0.15) is 0 Å². The Balaban J connectivity index is 1.86. The van der Waals surface area contributed by atoms with Crippen molar-refractivity contribution in [2.45, 2.75) is 40.0 Å². The molecule has 0 aromatic carbocycles. The number of amides is 1. The molecule has 1 N–H and O–H groups in total. The molecule has 0 aliphatic heterocycles. The number of anilines is 1. The van der Waals surface area contributed by atoms with Crippen LogP contribution in [0.1, 0.15) is 37.4 Å². The fourth-order valence-corrected chi connectivity index (χ4v) is 2.81. The third kappa shape index (κ3) is 2.58. The maximum Gasteiger partial charge on any atom is 0.228 e. The number of hydrogen-bond acceptors (Lipinski definition) is 3. The molecule has 3 rings (SSSR count). The van der Waals surface area contributed by atoms with Crippen LogP contribution in [0.2, 0.25) is 0 Å². The lowest BCUT2D eigenvalue weighted by atomic mass is 10.0. The number of furan rings is 1. The van der Waals surface area contributed by atoms with Crippen LogP contribution in [0.15, 0.2) is 22.7 Å². The van der Waals surface area contributed by atoms with Gasteiger partial charge in [-0.1, -0.05) is 13.8 Å². The summed E-state index contributed by atoms with van der Waals surface area (Å²) in [6.07, 6.45) is 5.09. The molecule has 1 aliphatic carbocycles. The van der Waals surface area contributed by atoms with Gasteiger partial charge in [-0.25, -0.2) is 4.98 Å². The Bertz CT molecular complexity index is 669. The molecule has 0 saturated heterocycles. The fourth-order valence-electron chi connectivity index (χ4n) is 2.81. The number of rotatable bonds is 3. The summed E-state index contributed by atoms with van der Waals surface area (Å²) in [6.45, 7) is 5.73. The van der Waals surface area contributed by atoms with E-state index in [0.717, 1.165) is 36.3 Å². The average Bonchev–Trinajstić information content (AvgIpc) is 2.99. The smallest absolute Gasteiger partial charge is 0.228 e. The van der Waals surface area contributed by atoms with Crippen molar-refractivity contribution in [3.63, 3.8) is 0 Å². The second-order valence-corrected chi connectivity index (χ2v) is 5.86. The summed E-state index contributed by atoms with van der Waals surface area (Å²) < 4.78 is 5.84. The van der Waals surface area contributed by atoms with E-state index in [9.17, 15) is 4.79 Å². The molecule has 0 radical (unpaired) electrons. The number of hydrogen-bond donors (Lipinski definition) is 1. The van der Waals surface area contributed by atoms with Crippen LogP contribution in [-0.2, 0) is 17.6 Å². The van der Waals surface area contributed by atoms with E-state index < -0.39 is 0 Å². The van der Waals surface area contributed by atoms with Gasteiger partial charge >= 0.3 is 0 Å². The summed E-state index contributed by atoms with van der Waals surface area (Å²) in [7, 11) is 0. The Morgan fingerprint density at radius 1 is 1.33 bits per heavy atom. The molecule has 0 atom stereocenters. The summed E-state index contributed by atoms with van der Waals surface area (Å²) in [6, 6.07) is 3.85. The molecule has 110 valence electrons. The molecule has 0 fully saturated rings. The zero-order valence-corrected chi connectivity index (χ0v) is 12.7. The van der Waals surface area contributed by atoms with Gasteiger partial charge in [0.05, 0.1) is 0 Å². The minimum absolute atomic E-state index is 0.0179. The van der Waals surface area contributed by atoms with Gasteiger partial charge in [0.15, 0.2) is 0 Å². The highest BCUT2D eigenvalue weighted by Gasteiger charge is 2.23. The number of nitrogens with one attached hydrogen (secondary N) is 1. The predicted octanol–water partition coefficient (Wildman–Crippen LogP) is 3.73. The maximum absolute atomic E-state index is 11.7. The molecule has 21 heavy (non-hydrogen) atoms. The third-order valence-electron chi connectivity index (χ3n) is 3.93. The lowest BCUT2D eigenvalue weighted by molar-refractivity contribution is -0.118. The van der Waals surface area contributed by atoms with Crippen molar-refractivity contribution in [1.82, 2.24) is 4.98 Å². The predicted molar refractivity (Wildman–Crippen MR) is 82.2 cm³/mol. The zero-order chi connectivity index (χ0) is 15.0. The molecule has 2 heterocycles. The molecule has 0 saturated carbocycles. The Hall–Kier alpha value is -2.10. The minimum Gasteiger partial charge on any atom is -0.465 e. The van der Waals surface area contributed by atoms with Gasteiger partial charge in [0.25, 0.3) is 0 Å². The molecule has 1 aliphatic rings. The van der Waals surface area contributed by atoms with E-state index in [-0.39, 0.29) is 11.8 Å². The lowest BCUT2D eigenvalue weighted by Crippen LogP contribution is -2.18. The van der Waals surface area contributed by atoms with Crippen molar-refractivity contribution in [1.29, 1.82) is 0 Å². The van der Waals surface area contributed by atoms with Crippen molar-refractivity contribution >= 4 is 11.7 Å². The number of aromatic nitrogens is 1. The van der Waals surface area contributed by atoms with Crippen LogP contribution in [0.3, 0.4) is 0 Å². The van der Waals surface area contributed by atoms with E-state index >= 15 is 0 Å². The first-order chi connectivity index (χ1) is 10.1. The van der Waals surface area contributed by atoms with Crippen LogP contribution >= 0.6 is 0 Å². The highest BCUT2D eigenvalue weighted by atomic mass is 16.3. The van der Waals surface area contributed by atoms with Crippen molar-refractivity contribution < 1.29 is 9.21 Å². The minimum atomic E-state index is -0.0501. The van der Waals surface area contributed by atoms with Gasteiger partial charge in [-0.15, -0.1) is 0 Å². The van der Waals surface area contributed by atoms with Crippen molar-refractivity contribution in [2.75, 3.05) is 5.32 Å². The highest BCUT2D eigenvalue weighted by molar-refractivity contribution is 5.91. The van der Waals surface area contributed by atoms with Crippen molar-refractivity contribution in [3.05, 3.63) is 35.4 Å². The summed E-state index contributed by atoms with van der Waals surface area (Å²) in [5, 5.41) is 2.81. The first kappa shape index (κ1) is 13.9. The number of aryl methyl sites for hydroxylation is 2. The number of carbonyl (C=O) groups is 1. The molecule has 0 spiro atoms. The maximum atomic E-state index is 11.7. The van der Waals surface area contributed by atoms with Crippen molar-refractivity contribution in [3.8, 4) is 11.1 Å². The van der Waals surface area contributed by atoms with Crippen LogP contribution in [0, 0.1) is 12.8 Å². The molecule has 4 heteroatoms. The average molecular weight is 284 g/mol. The van der Waals surface area contributed by atoms with Crippen LogP contribution in [0.5, 0.6) is 0 Å². The highest BCUT2D eigenvalue weighted by Crippen LogP contribution is 2.37. The molecule has 2 aromatic heterocycles. The van der Waals surface area contributed by atoms with E-state index in [1.54, 1.807) is 0 Å². The van der Waals surface area contributed by atoms with E-state index in [1.165, 1.54) is 11.1 Å². The summed E-state index contributed by atoms with van der Waals surface area (Å²) in [4.78, 5) is 16.0. The standard InChI is InChI=1S/C17H20N2O2/c1-10(2)17(20)19-15-8-7-12(9-18-15)16-11(3)21-14-6-4-5-13(14)16/h7-10H,4-6H2,1-3H3,(H,18,19,20).